The molecule has 6 nitrogen and oxygen atoms in total. The lowest BCUT2D eigenvalue weighted by molar-refractivity contribution is 0.273. The van der Waals surface area contributed by atoms with Crippen LogP contribution in [-0.2, 0) is 20.0 Å². The maximum Gasteiger partial charge on any atom is 0.243 e. The first-order valence-electron chi connectivity index (χ1n) is 10.8. The third-order valence-electron chi connectivity index (χ3n) is 6.26. The van der Waals surface area contributed by atoms with Gasteiger partial charge in [0.25, 0.3) is 0 Å². The van der Waals surface area contributed by atoms with Crippen molar-refractivity contribution in [1.29, 1.82) is 0 Å². The largest absolute Gasteiger partial charge is 0.243 e. The smallest absolute Gasteiger partial charge is 0.207 e. The molecular formula is C24H28N2O4S2. The Labute approximate surface area is 190 Å². The fourth-order valence-electron chi connectivity index (χ4n) is 3.98. The average Bonchev–Trinajstić information content (AvgIpc) is 2.83. The van der Waals surface area contributed by atoms with Gasteiger partial charge in [-0.1, -0.05) is 56.3 Å². The van der Waals surface area contributed by atoms with Crippen LogP contribution in [0.2, 0.25) is 0 Å². The van der Waals surface area contributed by atoms with E-state index in [1.165, 1.54) is 8.61 Å². The molecule has 0 saturated carbocycles. The number of sulfonamides is 2. The molecule has 4 rings (SSSR count). The second kappa shape index (κ2) is 8.94. The summed E-state index contributed by atoms with van der Waals surface area (Å²) in [6, 6.07) is 19.7. The normalized spacial score (nSPS) is 17.4. The molecule has 170 valence electrons. The zero-order valence-corrected chi connectivity index (χ0v) is 19.9. The molecule has 1 saturated heterocycles. The molecule has 0 aromatic heterocycles. The Morgan fingerprint density at radius 2 is 1.22 bits per heavy atom. The Morgan fingerprint density at radius 1 is 0.719 bits per heavy atom. The van der Waals surface area contributed by atoms with Crippen LogP contribution in [0.1, 0.15) is 31.7 Å². The number of hydrogen-bond acceptors (Lipinski definition) is 4. The Kier molecular flexibility index (Phi) is 6.40. The molecule has 1 unspecified atom stereocenters. The zero-order chi connectivity index (χ0) is 22.9. The van der Waals surface area contributed by atoms with E-state index >= 15 is 0 Å². The molecular weight excluding hydrogens is 444 g/mol. The van der Waals surface area contributed by atoms with Crippen LogP contribution in [0, 0.1) is 0 Å². The first kappa shape index (κ1) is 22.9. The Balaban J connectivity index is 1.49. The summed E-state index contributed by atoms with van der Waals surface area (Å²) in [5, 5.41) is 1.83. The molecule has 0 aliphatic carbocycles. The lowest BCUT2D eigenvalue weighted by Crippen LogP contribution is -2.50. The summed E-state index contributed by atoms with van der Waals surface area (Å²) >= 11 is 0. The summed E-state index contributed by atoms with van der Waals surface area (Å²) in [7, 11) is -7.36. The molecule has 0 amide bonds. The predicted octanol–water partition coefficient (Wildman–Crippen LogP) is 4.05. The van der Waals surface area contributed by atoms with Gasteiger partial charge in [-0.15, -0.1) is 0 Å². The van der Waals surface area contributed by atoms with Gasteiger partial charge in [-0.25, -0.2) is 16.8 Å². The monoisotopic (exact) mass is 472 g/mol. The van der Waals surface area contributed by atoms with Crippen molar-refractivity contribution < 1.29 is 16.8 Å². The van der Waals surface area contributed by atoms with Crippen molar-refractivity contribution >= 4 is 30.8 Å². The molecule has 1 fully saturated rings. The number of rotatable bonds is 6. The Bertz CT molecular complexity index is 1310. The van der Waals surface area contributed by atoms with Crippen molar-refractivity contribution in [3.05, 3.63) is 72.3 Å². The van der Waals surface area contributed by atoms with Crippen molar-refractivity contribution in [2.24, 2.45) is 0 Å². The Hall–Kier alpha value is -2.26. The fourth-order valence-corrected chi connectivity index (χ4v) is 6.86. The van der Waals surface area contributed by atoms with Gasteiger partial charge in [0.1, 0.15) is 0 Å². The van der Waals surface area contributed by atoms with Gasteiger partial charge in [0.15, 0.2) is 0 Å². The minimum Gasteiger partial charge on any atom is -0.207 e. The molecule has 0 N–H and O–H groups in total. The molecule has 0 spiro atoms. The van der Waals surface area contributed by atoms with Crippen molar-refractivity contribution in [2.75, 3.05) is 26.2 Å². The van der Waals surface area contributed by atoms with Crippen molar-refractivity contribution in [2.45, 2.75) is 36.0 Å². The zero-order valence-electron chi connectivity index (χ0n) is 18.3. The predicted molar refractivity (Wildman–Crippen MR) is 127 cm³/mol. The number of piperazine rings is 1. The maximum absolute atomic E-state index is 13.1. The minimum absolute atomic E-state index is 0.124. The van der Waals surface area contributed by atoms with Gasteiger partial charge in [-0.05, 0) is 52.9 Å². The van der Waals surface area contributed by atoms with Crippen LogP contribution in [-0.4, -0.2) is 51.6 Å². The van der Waals surface area contributed by atoms with E-state index in [0.29, 0.717) is 5.92 Å². The molecule has 1 atom stereocenters. The van der Waals surface area contributed by atoms with E-state index in [1.807, 2.05) is 36.4 Å². The maximum atomic E-state index is 13.1. The van der Waals surface area contributed by atoms with E-state index in [9.17, 15) is 16.8 Å². The summed E-state index contributed by atoms with van der Waals surface area (Å²) in [6.07, 6.45) is 0.986. The molecule has 0 bridgehead atoms. The van der Waals surface area contributed by atoms with Crippen LogP contribution in [0.5, 0.6) is 0 Å². The summed E-state index contributed by atoms with van der Waals surface area (Å²) in [6.45, 7) is 4.71. The van der Waals surface area contributed by atoms with Gasteiger partial charge < -0.3 is 0 Å². The van der Waals surface area contributed by atoms with E-state index in [4.69, 9.17) is 0 Å². The van der Waals surface area contributed by atoms with E-state index < -0.39 is 20.0 Å². The quantitative estimate of drug-likeness (QED) is 0.543. The minimum atomic E-state index is -3.69. The highest BCUT2D eigenvalue weighted by molar-refractivity contribution is 7.89. The number of nitrogens with zero attached hydrogens (tertiary/aromatic N) is 2. The van der Waals surface area contributed by atoms with Gasteiger partial charge >= 0.3 is 0 Å². The first-order chi connectivity index (χ1) is 15.2. The number of fused-ring (bicyclic) bond motifs is 1. The average molecular weight is 473 g/mol. The second-order valence-electron chi connectivity index (χ2n) is 8.20. The van der Waals surface area contributed by atoms with Crippen LogP contribution in [0.4, 0.5) is 0 Å². The molecule has 8 heteroatoms. The molecule has 1 heterocycles. The van der Waals surface area contributed by atoms with Gasteiger partial charge in [0.05, 0.1) is 9.79 Å². The van der Waals surface area contributed by atoms with Gasteiger partial charge in [-0.3, -0.25) is 0 Å². The van der Waals surface area contributed by atoms with Crippen molar-refractivity contribution in [3.63, 3.8) is 0 Å². The summed E-state index contributed by atoms with van der Waals surface area (Å²) in [5.74, 6) is 0.371. The Morgan fingerprint density at radius 3 is 1.78 bits per heavy atom. The van der Waals surface area contributed by atoms with Crippen molar-refractivity contribution in [1.82, 2.24) is 8.61 Å². The SMILES string of the molecule is CCC(C)c1ccc(S(=O)(=O)N2CCN(S(=O)(=O)c3ccc4ccccc4c3)CC2)cc1. The third-order valence-corrected chi connectivity index (χ3v) is 10.1. The third kappa shape index (κ3) is 4.32. The summed E-state index contributed by atoms with van der Waals surface area (Å²) in [4.78, 5) is 0.475. The highest BCUT2D eigenvalue weighted by Crippen LogP contribution is 2.26. The topological polar surface area (TPSA) is 74.8 Å². The van der Waals surface area contributed by atoms with Gasteiger partial charge in [-0.2, -0.15) is 8.61 Å². The standard InChI is InChI=1S/C24H28N2O4S2/c1-3-19(2)20-8-11-23(12-9-20)31(27,28)25-14-16-26(17-15-25)32(29,30)24-13-10-21-6-4-5-7-22(21)18-24/h4-13,18-19H,3,14-17H2,1-2H3. The van der Waals surface area contributed by atoms with E-state index in [2.05, 4.69) is 13.8 Å². The van der Waals surface area contributed by atoms with E-state index in [0.717, 1.165) is 22.8 Å². The fraction of sp³-hybridized carbons (Fsp3) is 0.333. The van der Waals surface area contributed by atoms with Crippen LogP contribution >= 0.6 is 0 Å². The summed E-state index contributed by atoms with van der Waals surface area (Å²) in [5.41, 5.74) is 1.11. The molecule has 1 aliphatic heterocycles. The lowest BCUT2D eigenvalue weighted by Gasteiger charge is -2.33. The van der Waals surface area contributed by atoms with Crippen LogP contribution in [0.25, 0.3) is 10.8 Å². The molecule has 32 heavy (non-hydrogen) atoms. The summed E-state index contributed by atoms with van der Waals surface area (Å²) < 4.78 is 55.2. The second-order valence-corrected chi connectivity index (χ2v) is 12.1. The molecule has 3 aromatic carbocycles. The van der Waals surface area contributed by atoms with Crippen LogP contribution in [0.15, 0.2) is 76.5 Å². The van der Waals surface area contributed by atoms with Gasteiger partial charge in [0, 0.05) is 26.2 Å². The molecule has 1 aliphatic rings. The number of benzene rings is 3. The van der Waals surface area contributed by atoms with Crippen LogP contribution < -0.4 is 0 Å². The van der Waals surface area contributed by atoms with E-state index in [-0.39, 0.29) is 36.0 Å². The van der Waals surface area contributed by atoms with Crippen LogP contribution in [0.3, 0.4) is 0 Å². The molecule has 0 radical (unpaired) electrons. The highest BCUT2D eigenvalue weighted by Gasteiger charge is 2.33. The van der Waals surface area contributed by atoms with E-state index in [1.54, 1.807) is 30.3 Å². The lowest BCUT2D eigenvalue weighted by atomic mass is 9.99. The first-order valence-corrected chi connectivity index (χ1v) is 13.7. The highest BCUT2D eigenvalue weighted by atomic mass is 32.2. The van der Waals surface area contributed by atoms with Crippen molar-refractivity contribution in [3.8, 4) is 0 Å². The number of hydrogen-bond donors (Lipinski definition) is 0. The molecule has 3 aromatic rings. The van der Waals surface area contributed by atoms with Gasteiger partial charge in [0.2, 0.25) is 20.0 Å².